The minimum atomic E-state index is 0.271. The van der Waals surface area contributed by atoms with Crippen molar-refractivity contribution >= 4 is 5.78 Å². The monoisotopic (exact) mass is 350 g/mol. The maximum Gasteiger partial charge on any atom is 0.130 e. The second kappa shape index (κ2) is 8.11. The number of rotatable bonds is 3. The van der Waals surface area contributed by atoms with Crippen molar-refractivity contribution in [1.82, 2.24) is 0 Å². The van der Waals surface area contributed by atoms with E-state index in [9.17, 15) is 4.79 Å². The summed E-state index contributed by atoms with van der Waals surface area (Å²) in [6.07, 6.45) is 12.0. The summed E-state index contributed by atoms with van der Waals surface area (Å²) >= 11 is 0. The van der Waals surface area contributed by atoms with Crippen LogP contribution in [0.5, 0.6) is 0 Å². The lowest BCUT2D eigenvalue weighted by molar-refractivity contribution is -0.134. The summed E-state index contributed by atoms with van der Waals surface area (Å²) in [4.78, 5) is 11.9. The molecule has 3 rings (SSSR count). The van der Waals surface area contributed by atoms with E-state index in [-0.39, 0.29) is 5.41 Å². The molecule has 0 saturated heterocycles. The van der Waals surface area contributed by atoms with E-state index in [0.29, 0.717) is 11.2 Å². The number of aliphatic hydroxyl groups excluding tert-OH is 1. The van der Waals surface area contributed by atoms with Gasteiger partial charge in [0.2, 0.25) is 0 Å². The normalized spacial score (nSPS) is 46.3. The Bertz CT molecular complexity index is 459. The van der Waals surface area contributed by atoms with Crippen LogP contribution in [0.15, 0.2) is 0 Å². The van der Waals surface area contributed by atoms with E-state index in [1.165, 1.54) is 51.4 Å². The predicted molar refractivity (Wildman–Crippen MR) is 105 cm³/mol. The molecule has 2 heteroatoms. The number of carbonyl (C=O) groups excluding carboxylic acids is 1. The third-order valence-electron chi connectivity index (χ3n) is 8.54. The van der Waals surface area contributed by atoms with E-state index in [1.807, 2.05) is 0 Å². The highest BCUT2D eigenvalue weighted by molar-refractivity contribution is 5.76. The Kier molecular flexibility index (Phi) is 6.79. The Morgan fingerprint density at radius 1 is 1.08 bits per heavy atom. The molecule has 3 saturated carbocycles. The topological polar surface area (TPSA) is 37.3 Å². The number of aliphatic hydroxyl groups is 1. The number of hydrogen-bond donors (Lipinski definition) is 1. The van der Waals surface area contributed by atoms with Crippen molar-refractivity contribution in [3.8, 4) is 0 Å². The maximum atomic E-state index is 11.9. The second-order valence-corrected chi connectivity index (χ2v) is 10.0. The third-order valence-corrected chi connectivity index (χ3v) is 8.54. The summed E-state index contributed by atoms with van der Waals surface area (Å²) in [6, 6.07) is 0. The maximum absolute atomic E-state index is 11.9. The van der Waals surface area contributed by atoms with Gasteiger partial charge in [-0.2, -0.15) is 0 Å². The highest BCUT2D eigenvalue weighted by Crippen LogP contribution is 2.64. The van der Waals surface area contributed by atoms with Gasteiger partial charge in [-0.25, -0.2) is 0 Å². The van der Waals surface area contributed by atoms with Gasteiger partial charge in [-0.15, -0.1) is 0 Å². The first kappa shape index (κ1) is 20.9. The zero-order chi connectivity index (χ0) is 18.8. The highest BCUT2D eigenvalue weighted by atomic mass is 16.2. The van der Waals surface area contributed by atoms with Crippen LogP contribution in [0.2, 0.25) is 0 Å². The van der Waals surface area contributed by atoms with Crippen LogP contribution in [0.1, 0.15) is 92.4 Å². The van der Waals surface area contributed by atoms with Crippen molar-refractivity contribution in [2.75, 3.05) is 7.11 Å². The molecule has 0 aromatic carbocycles. The number of hydrogen-bond acceptors (Lipinski definition) is 2. The van der Waals surface area contributed by atoms with Crippen LogP contribution >= 0.6 is 0 Å². The number of carbonyl (C=O) groups is 1. The van der Waals surface area contributed by atoms with Crippen LogP contribution in [0.3, 0.4) is 0 Å². The minimum absolute atomic E-state index is 0.271. The van der Waals surface area contributed by atoms with Crippen molar-refractivity contribution in [1.29, 1.82) is 0 Å². The van der Waals surface area contributed by atoms with Crippen LogP contribution in [0.25, 0.3) is 0 Å². The Hall–Kier alpha value is -0.370. The van der Waals surface area contributed by atoms with E-state index in [0.717, 1.165) is 43.1 Å². The molecule has 2 nitrogen and oxygen atoms in total. The van der Waals surface area contributed by atoms with Gasteiger partial charge in [0.05, 0.1) is 0 Å². The highest BCUT2D eigenvalue weighted by Gasteiger charge is 2.56. The lowest BCUT2D eigenvalue weighted by Crippen LogP contribution is -2.53. The molecule has 146 valence electrons. The molecule has 25 heavy (non-hydrogen) atoms. The van der Waals surface area contributed by atoms with Gasteiger partial charge in [-0.1, -0.05) is 40.5 Å². The van der Waals surface area contributed by atoms with E-state index in [2.05, 4.69) is 27.7 Å². The third kappa shape index (κ3) is 3.84. The molecule has 0 heterocycles. The van der Waals surface area contributed by atoms with E-state index in [4.69, 9.17) is 5.11 Å². The number of ketones is 1. The van der Waals surface area contributed by atoms with Gasteiger partial charge in [0, 0.05) is 13.5 Å². The molecule has 0 radical (unpaired) electrons. The van der Waals surface area contributed by atoms with Gasteiger partial charge in [-0.3, -0.25) is 0 Å². The summed E-state index contributed by atoms with van der Waals surface area (Å²) < 4.78 is 0. The molecule has 0 spiro atoms. The van der Waals surface area contributed by atoms with Crippen molar-refractivity contribution in [2.45, 2.75) is 92.4 Å². The summed E-state index contributed by atoms with van der Waals surface area (Å²) in [5, 5.41) is 7.00. The largest absolute Gasteiger partial charge is 0.400 e. The van der Waals surface area contributed by atoms with E-state index < -0.39 is 0 Å². The summed E-state index contributed by atoms with van der Waals surface area (Å²) in [5.41, 5.74) is 0.868. The average Bonchev–Trinajstić information content (AvgIpc) is 2.56. The van der Waals surface area contributed by atoms with Crippen LogP contribution < -0.4 is 0 Å². The summed E-state index contributed by atoms with van der Waals surface area (Å²) in [6.45, 7) is 11.7. The molecule has 7 unspecified atom stereocenters. The molecule has 0 aliphatic heterocycles. The summed E-state index contributed by atoms with van der Waals surface area (Å²) in [7, 11) is 1.00. The molecule has 7 atom stereocenters. The molecular weight excluding hydrogens is 308 g/mol. The van der Waals surface area contributed by atoms with Crippen molar-refractivity contribution in [3.05, 3.63) is 0 Å². The lowest BCUT2D eigenvalue weighted by atomic mass is 9.43. The van der Waals surface area contributed by atoms with Gasteiger partial charge in [0.15, 0.2) is 0 Å². The molecule has 3 aliphatic carbocycles. The van der Waals surface area contributed by atoms with Crippen molar-refractivity contribution in [2.24, 2.45) is 40.4 Å². The Morgan fingerprint density at radius 2 is 1.76 bits per heavy atom. The SMILES string of the molecule is CCC1C2CCC3CC(C)CCC3(C)C2CCC1(C)CC(C)=O.CO. The summed E-state index contributed by atoms with van der Waals surface area (Å²) in [5.74, 6) is 4.89. The first-order valence-corrected chi connectivity index (χ1v) is 10.7. The van der Waals surface area contributed by atoms with Gasteiger partial charge in [0.1, 0.15) is 5.78 Å². The molecule has 0 bridgehead atoms. The fraction of sp³-hybridized carbons (Fsp3) is 0.957. The molecule has 0 aromatic rings. The molecule has 3 aliphatic rings. The average molecular weight is 351 g/mol. The number of Topliss-reactive ketones (excluding diaryl/α,β-unsaturated/α-hetero) is 1. The van der Waals surface area contributed by atoms with Gasteiger partial charge < -0.3 is 9.90 Å². The fourth-order valence-electron chi connectivity index (χ4n) is 7.45. The lowest BCUT2D eigenvalue weighted by Gasteiger charge is -2.61. The smallest absolute Gasteiger partial charge is 0.130 e. The molecule has 1 N–H and O–H groups in total. The zero-order valence-electron chi connectivity index (χ0n) is 17.6. The standard InChI is InChI=1S/C22H38O.CH4O/c1-6-19-18-8-7-17-13-15(2)9-12-22(17,5)20(18)10-11-21(19,4)14-16(3)23;1-2/h15,17-20H,6-14H2,1-5H3;2H,1H3. The van der Waals surface area contributed by atoms with E-state index >= 15 is 0 Å². The first-order chi connectivity index (χ1) is 11.8. The molecule has 3 fully saturated rings. The second-order valence-electron chi connectivity index (χ2n) is 10.0. The predicted octanol–water partition coefficient (Wildman–Crippen LogP) is 5.87. The van der Waals surface area contributed by atoms with Crippen LogP contribution in [0, 0.1) is 40.4 Å². The Balaban J connectivity index is 0.00000109. The fourth-order valence-corrected chi connectivity index (χ4v) is 7.45. The van der Waals surface area contributed by atoms with Crippen molar-refractivity contribution < 1.29 is 9.90 Å². The molecule has 0 aromatic heterocycles. The van der Waals surface area contributed by atoms with Gasteiger partial charge >= 0.3 is 0 Å². The van der Waals surface area contributed by atoms with Crippen LogP contribution in [-0.2, 0) is 4.79 Å². The number of fused-ring (bicyclic) bond motifs is 3. The van der Waals surface area contributed by atoms with E-state index in [1.54, 1.807) is 6.92 Å². The van der Waals surface area contributed by atoms with Crippen LogP contribution in [0.4, 0.5) is 0 Å². The van der Waals surface area contributed by atoms with Crippen LogP contribution in [-0.4, -0.2) is 18.0 Å². The quantitative estimate of drug-likeness (QED) is 0.691. The van der Waals surface area contributed by atoms with Gasteiger partial charge in [-0.05, 0) is 85.9 Å². The zero-order valence-corrected chi connectivity index (χ0v) is 17.6. The molecular formula is C23H42O2. The first-order valence-electron chi connectivity index (χ1n) is 10.7. The van der Waals surface area contributed by atoms with Crippen molar-refractivity contribution in [3.63, 3.8) is 0 Å². The Labute approximate surface area is 156 Å². The minimum Gasteiger partial charge on any atom is -0.400 e. The molecule has 0 amide bonds. The Morgan fingerprint density at radius 3 is 2.36 bits per heavy atom. The van der Waals surface area contributed by atoms with Gasteiger partial charge in [0.25, 0.3) is 0 Å².